The zero-order valence-corrected chi connectivity index (χ0v) is 17.0. The summed E-state index contributed by atoms with van der Waals surface area (Å²) in [6.07, 6.45) is 6.13. The van der Waals surface area contributed by atoms with E-state index in [0.29, 0.717) is 12.0 Å². The second kappa shape index (κ2) is 11.7. The molecule has 0 amide bonds. The van der Waals surface area contributed by atoms with Crippen molar-refractivity contribution in [3.8, 4) is 0 Å². The van der Waals surface area contributed by atoms with E-state index in [1.807, 2.05) is 12.1 Å². The fourth-order valence-electron chi connectivity index (χ4n) is 2.43. The summed E-state index contributed by atoms with van der Waals surface area (Å²) < 4.78 is 15.6. The van der Waals surface area contributed by atoms with Crippen LogP contribution in [0.4, 0.5) is 0 Å². The molecule has 1 aliphatic carbocycles. The predicted octanol–water partition coefficient (Wildman–Crippen LogP) is 2.44. The van der Waals surface area contributed by atoms with Gasteiger partial charge in [-0.1, -0.05) is 0 Å². The Balaban J connectivity index is 0.00000288. The van der Waals surface area contributed by atoms with E-state index in [2.05, 4.69) is 10.6 Å². The lowest BCUT2D eigenvalue weighted by molar-refractivity contribution is 0.174. The highest BCUT2D eigenvalue weighted by Crippen LogP contribution is 2.48. The van der Waals surface area contributed by atoms with Gasteiger partial charge in [0.1, 0.15) is 5.76 Å². The SMILES string of the molecule is COCCNC(=NCC1(CCOC)CC1)NCCc1ccco1.I. The third-order valence-corrected chi connectivity index (χ3v) is 4.21. The Hall–Kier alpha value is -0.800. The second-order valence-corrected chi connectivity index (χ2v) is 6.08. The molecule has 0 saturated heterocycles. The maximum Gasteiger partial charge on any atom is 0.191 e. The Labute approximate surface area is 161 Å². The molecule has 0 aliphatic heterocycles. The smallest absolute Gasteiger partial charge is 0.191 e. The van der Waals surface area contributed by atoms with E-state index in [-0.39, 0.29) is 24.0 Å². The lowest BCUT2D eigenvalue weighted by atomic mass is 10.0. The number of methoxy groups -OCH3 is 2. The van der Waals surface area contributed by atoms with Crippen LogP contribution in [0.1, 0.15) is 25.0 Å². The van der Waals surface area contributed by atoms with Crippen LogP contribution in [0.25, 0.3) is 0 Å². The molecular formula is C17H30IN3O3. The third-order valence-electron chi connectivity index (χ3n) is 4.21. The maximum absolute atomic E-state index is 5.35. The zero-order valence-electron chi connectivity index (χ0n) is 14.7. The number of nitrogens with zero attached hydrogens (tertiary/aromatic N) is 1. The molecule has 1 saturated carbocycles. The molecule has 0 spiro atoms. The van der Waals surface area contributed by atoms with Gasteiger partial charge >= 0.3 is 0 Å². The average Bonchev–Trinajstić information content (AvgIpc) is 3.14. The van der Waals surface area contributed by atoms with Gasteiger partial charge in [-0.2, -0.15) is 0 Å². The van der Waals surface area contributed by atoms with E-state index in [1.165, 1.54) is 12.8 Å². The van der Waals surface area contributed by atoms with Crippen LogP contribution in [-0.4, -0.2) is 53.0 Å². The summed E-state index contributed by atoms with van der Waals surface area (Å²) in [6, 6.07) is 3.90. The Bertz CT molecular complexity index is 462. The summed E-state index contributed by atoms with van der Waals surface area (Å²) in [6.45, 7) is 3.85. The van der Waals surface area contributed by atoms with E-state index in [4.69, 9.17) is 18.9 Å². The minimum absolute atomic E-state index is 0. The third kappa shape index (κ3) is 7.85. The summed E-state index contributed by atoms with van der Waals surface area (Å²) in [5.74, 6) is 1.82. The van der Waals surface area contributed by atoms with Crippen molar-refractivity contribution in [2.24, 2.45) is 10.4 Å². The molecule has 0 bridgehead atoms. The van der Waals surface area contributed by atoms with Gasteiger partial charge in [-0.3, -0.25) is 4.99 Å². The Morgan fingerprint density at radius 2 is 1.96 bits per heavy atom. The summed E-state index contributed by atoms with van der Waals surface area (Å²) in [4.78, 5) is 4.75. The van der Waals surface area contributed by atoms with Gasteiger partial charge in [0, 0.05) is 46.9 Å². The number of ether oxygens (including phenoxy) is 2. The largest absolute Gasteiger partial charge is 0.469 e. The van der Waals surface area contributed by atoms with Crippen molar-refractivity contribution in [1.82, 2.24) is 10.6 Å². The van der Waals surface area contributed by atoms with Gasteiger partial charge in [-0.05, 0) is 36.8 Å². The van der Waals surface area contributed by atoms with Crippen LogP contribution >= 0.6 is 24.0 Å². The van der Waals surface area contributed by atoms with Crippen LogP contribution in [0.5, 0.6) is 0 Å². The second-order valence-electron chi connectivity index (χ2n) is 6.08. The zero-order chi connectivity index (χ0) is 16.4. The monoisotopic (exact) mass is 451 g/mol. The van der Waals surface area contributed by atoms with Gasteiger partial charge in [0.15, 0.2) is 5.96 Å². The van der Waals surface area contributed by atoms with Gasteiger partial charge in [0.2, 0.25) is 0 Å². The number of aliphatic imine (C=N–C) groups is 1. The van der Waals surface area contributed by atoms with Gasteiger partial charge in [0.05, 0.1) is 12.9 Å². The number of furan rings is 1. The molecule has 138 valence electrons. The molecule has 24 heavy (non-hydrogen) atoms. The van der Waals surface area contributed by atoms with Gasteiger partial charge in [0.25, 0.3) is 0 Å². The number of guanidine groups is 1. The molecule has 2 N–H and O–H groups in total. The first-order valence-electron chi connectivity index (χ1n) is 8.30. The van der Waals surface area contributed by atoms with E-state index in [0.717, 1.165) is 50.8 Å². The minimum Gasteiger partial charge on any atom is -0.469 e. The lowest BCUT2D eigenvalue weighted by Gasteiger charge is -2.15. The van der Waals surface area contributed by atoms with Crippen LogP contribution < -0.4 is 10.6 Å². The maximum atomic E-state index is 5.35. The summed E-state index contributed by atoms with van der Waals surface area (Å²) >= 11 is 0. The fraction of sp³-hybridized carbons (Fsp3) is 0.706. The van der Waals surface area contributed by atoms with Crippen molar-refractivity contribution in [3.63, 3.8) is 0 Å². The topological polar surface area (TPSA) is 68.0 Å². The lowest BCUT2D eigenvalue weighted by Crippen LogP contribution is -2.40. The van der Waals surface area contributed by atoms with Crippen LogP contribution in [0.2, 0.25) is 0 Å². The van der Waals surface area contributed by atoms with E-state index in [9.17, 15) is 0 Å². The van der Waals surface area contributed by atoms with Crippen LogP contribution in [-0.2, 0) is 15.9 Å². The minimum atomic E-state index is 0. The normalized spacial score (nSPS) is 15.7. The molecular weight excluding hydrogens is 421 g/mol. The molecule has 0 atom stereocenters. The fourth-order valence-corrected chi connectivity index (χ4v) is 2.43. The van der Waals surface area contributed by atoms with Gasteiger partial charge in [-0.25, -0.2) is 0 Å². The molecule has 0 unspecified atom stereocenters. The quantitative estimate of drug-likeness (QED) is 0.234. The van der Waals surface area contributed by atoms with Gasteiger partial charge in [-0.15, -0.1) is 24.0 Å². The van der Waals surface area contributed by atoms with Crippen molar-refractivity contribution in [2.75, 3.05) is 47.1 Å². The predicted molar refractivity (Wildman–Crippen MR) is 106 cm³/mol. The average molecular weight is 451 g/mol. The number of halogens is 1. The van der Waals surface area contributed by atoms with Crippen molar-refractivity contribution in [1.29, 1.82) is 0 Å². The summed E-state index contributed by atoms with van der Waals surface area (Å²) in [5, 5.41) is 6.67. The molecule has 0 radical (unpaired) electrons. The highest BCUT2D eigenvalue weighted by Gasteiger charge is 2.41. The Morgan fingerprint density at radius 3 is 2.58 bits per heavy atom. The Morgan fingerprint density at radius 1 is 1.21 bits per heavy atom. The van der Waals surface area contributed by atoms with Crippen LogP contribution in [0, 0.1) is 5.41 Å². The van der Waals surface area contributed by atoms with Crippen molar-refractivity contribution in [3.05, 3.63) is 24.2 Å². The number of rotatable bonds is 11. The van der Waals surface area contributed by atoms with Crippen molar-refractivity contribution in [2.45, 2.75) is 25.7 Å². The number of hydrogen-bond acceptors (Lipinski definition) is 4. The van der Waals surface area contributed by atoms with Crippen molar-refractivity contribution >= 4 is 29.9 Å². The van der Waals surface area contributed by atoms with E-state index in [1.54, 1.807) is 20.5 Å². The summed E-state index contributed by atoms with van der Waals surface area (Å²) in [7, 11) is 3.46. The molecule has 1 aromatic heterocycles. The molecule has 1 heterocycles. The highest BCUT2D eigenvalue weighted by atomic mass is 127. The first-order valence-corrected chi connectivity index (χ1v) is 8.30. The summed E-state index contributed by atoms with van der Waals surface area (Å²) in [5.41, 5.74) is 0.354. The highest BCUT2D eigenvalue weighted by molar-refractivity contribution is 14.0. The molecule has 1 aliphatic rings. The van der Waals surface area contributed by atoms with E-state index < -0.39 is 0 Å². The molecule has 0 aromatic carbocycles. The first kappa shape index (κ1) is 21.2. The van der Waals surface area contributed by atoms with E-state index >= 15 is 0 Å². The number of hydrogen-bond donors (Lipinski definition) is 2. The van der Waals surface area contributed by atoms with Crippen molar-refractivity contribution < 1.29 is 13.9 Å². The van der Waals surface area contributed by atoms with Gasteiger partial charge < -0.3 is 24.5 Å². The molecule has 6 nitrogen and oxygen atoms in total. The van der Waals surface area contributed by atoms with Crippen LogP contribution in [0.15, 0.2) is 27.8 Å². The molecule has 1 aromatic rings. The molecule has 1 fully saturated rings. The molecule has 7 heteroatoms. The first-order chi connectivity index (χ1) is 11.3. The van der Waals surface area contributed by atoms with Crippen LogP contribution in [0.3, 0.4) is 0 Å². The Kier molecular flexibility index (Phi) is 10.4. The number of nitrogens with one attached hydrogen (secondary N) is 2. The standard InChI is InChI=1S/C17H29N3O3.HI/c1-21-12-8-17(6-7-17)14-20-16(19-10-13-22-2)18-9-5-15-4-3-11-23-15;/h3-4,11H,5-10,12-14H2,1-2H3,(H2,18,19,20);1H. The molecule has 2 rings (SSSR count).